The minimum atomic E-state index is -0.370. The normalized spacial score (nSPS) is 19.1. The van der Waals surface area contributed by atoms with Crippen molar-refractivity contribution in [3.05, 3.63) is 29.8 Å². The van der Waals surface area contributed by atoms with Crippen molar-refractivity contribution in [2.24, 2.45) is 0 Å². The molecule has 1 radical (unpaired) electrons. The van der Waals surface area contributed by atoms with Gasteiger partial charge in [-0.3, -0.25) is 4.79 Å². The second-order valence-electron chi connectivity index (χ2n) is 3.88. The number of Topliss-reactive ketones (excluding diaryl/α,β-unsaturated/α-hetero) is 1. The van der Waals surface area contributed by atoms with Gasteiger partial charge in [-0.05, 0) is 32.0 Å². The van der Waals surface area contributed by atoms with Crippen molar-refractivity contribution < 1.29 is 9.53 Å². The fourth-order valence-corrected chi connectivity index (χ4v) is 1.54. The summed E-state index contributed by atoms with van der Waals surface area (Å²) in [6, 6.07) is 8.11. The van der Waals surface area contributed by atoms with E-state index in [1.54, 1.807) is 18.2 Å². The standard InChI is InChI=1S/C11H11O2/c1-11(2)7-9(12)8-5-3-4-6-10(8)13-11/h4-6H,7H2,1-2H3. The molecule has 0 saturated carbocycles. The molecule has 0 fully saturated rings. The van der Waals surface area contributed by atoms with Crippen LogP contribution in [0.3, 0.4) is 0 Å². The lowest BCUT2D eigenvalue weighted by molar-refractivity contribution is 0.0620. The van der Waals surface area contributed by atoms with E-state index in [4.69, 9.17) is 4.74 Å². The van der Waals surface area contributed by atoms with Gasteiger partial charge in [-0.15, -0.1) is 0 Å². The van der Waals surface area contributed by atoms with Crippen LogP contribution in [0.15, 0.2) is 18.2 Å². The van der Waals surface area contributed by atoms with E-state index in [0.29, 0.717) is 17.7 Å². The average molecular weight is 175 g/mol. The van der Waals surface area contributed by atoms with E-state index in [1.807, 2.05) is 13.8 Å². The van der Waals surface area contributed by atoms with Crippen LogP contribution in [0.4, 0.5) is 0 Å². The largest absolute Gasteiger partial charge is 0.487 e. The Balaban J connectivity index is 2.49. The highest BCUT2D eigenvalue weighted by Crippen LogP contribution is 2.32. The summed E-state index contributed by atoms with van der Waals surface area (Å²) >= 11 is 0. The first-order valence-corrected chi connectivity index (χ1v) is 4.31. The molecule has 0 unspecified atom stereocenters. The predicted molar refractivity (Wildman–Crippen MR) is 48.9 cm³/mol. The highest BCUT2D eigenvalue weighted by molar-refractivity contribution is 6.00. The zero-order valence-corrected chi connectivity index (χ0v) is 7.76. The maximum atomic E-state index is 11.6. The fourth-order valence-electron chi connectivity index (χ4n) is 1.54. The highest BCUT2D eigenvalue weighted by atomic mass is 16.5. The summed E-state index contributed by atoms with van der Waals surface area (Å²) in [4.78, 5) is 11.6. The third-order valence-corrected chi connectivity index (χ3v) is 2.10. The molecule has 0 atom stereocenters. The van der Waals surface area contributed by atoms with Crippen LogP contribution in [-0.2, 0) is 0 Å². The van der Waals surface area contributed by atoms with Crippen LogP contribution in [0.25, 0.3) is 0 Å². The molecule has 2 nitrogen and oxygen atoms in total. The van der Waals surface area contributed by atoms with Gasteiger partial charge in [0.05, 0.1) is 12.0 Å². The first-order valence-electron chi connectivity index (χ1n) is 4.31. The van der Waals surface area contributed by atoms with E-state index >= 15 is 0 Å². The van der Waals surface area contributed by atoms with Gasteiger partial charge in [0.25, 0.3) is 0 Å². The van der Waals surface area contributed by atoms with Crippen LogP contribution < -0.4 is 4.74 Å². The van der Waals surface area contributed by atoms with Crippen LogP contribution in [0.2, 0.25) is 0 Å². The van der Waals surface area contributed by atoms with Crippen molar-refractivity contribution in [1.29, 1.82) is 0 Å². The van der Waals surface area contributed by atoms with E-state index in [0.717, 1.165) is 0 Å². The number of hydrogen-bond donors (Lipinski definition) is 0. The lowest BCUT2D eigenvalue weighted by atomic mass is 9.93. The number of benzene rings is 1. The quantitative estimate of drug-likeness (QED) is 0.604. The zero-order valence-electron chi connectivity index (χ0n) is 7.76. The maximum absolute atomic E-state index is 11.6. The van der Waals surface area contributed by atoms with Crippen molar-refractivity contribution in [2.75, 3.05) is 0 Å². The third-order valence-electron chi connectivity index (χ3n) is 2.10. The summed E-state index contributed by atoms with van der Waals surface area (Å²) in [5.74, 6) is 0.822. The Labute approximate surface area is 77.5 Å². The second kappa shape index (κ2) is 2.59. The number of ketones is 1. The number of fused-ring (bicyclic) bond motifs is 1. The van der Waals surface area contributed by atoms with Crippen LogP contribution in [0.1, 0.15) is 30.6 Å². The number of hydrogen-bond acceptors (Lipinski definition) is 2. The van der Waals surface area contributed by atoms with E-state index in [1.165, 1.54) is 0 Å². The average Bonchev–Trinajstić information content (AvgIpc) is 2.02. The summed E-state index contributed by atoms with van der Waals surface area (Å²) in [6.45, 7) is 3.84. The molecule has 2 heteroatoms. The molecule has 0 aliphatic carbocycles. The molecule has 1 aliphatic rings. The van der Waals surface area contributed by atoms with Crippen LogP contribution in [0.5, 0.6) is 5.75 Å². The molecule has 13 heavy (non-hydrogen) atoms. The lowest BCUT2D eigenvalue weighted by Gasteiger charge is -2.31. The first-order chi connectivity index (χ1) is 6.08. The SMILES string of the molecule is CC1(C)CC(=O)c2c[c]ccc2O1. The van der Waals surface area contributed by atoms with Gasteiger partial charge in [-0.2, -0.15) is 0 Å². The molecule has 1 aromatic carbocycles. The number of carbonyl (C=O) groups excluding carboxylic acids is 1. The monoisotopic (exact) mass is 175 g/mol. The van der Waals surface area contributed by atoms with Gasteiger partial charge in [-0.1, -0.05) is 6.07 Å². The summed E-state index contributed by atoms with van der Waals surface area (Å²) in [7, 11) is 0. The number of ether oxygens (including phenoxy) is 1. The van der Waals surface area contributed by atoms with Crippen molar-refractivity contribution >= 4 is 5.78 Å². The van der Waals surface area contributed by atoms with Crippen molar-refractivity contribution in [3.8, 4) is 5.75 Å². The van der Waals surface area contributed by atoms with Gasteiger partial charge in [0.15, 0.2) is 5.78 Å². The topological polar surface area (TPSA) is 26.3 Å². The van der Waals surface area contributed by atoms with Crippen LogP contribution >= 0.6 is 0 Å². The Hall–Kier alpha value is -1.31. The van der Waals surface area contributed by atoms with Gasteiger partial charge in [-0.25, -0.2) is 0 Å². The molecule has 1 heterocycles. The minimum Gasteiger partial charge on any atom is -0.487 e. The van der Waals surface area contributed by atoms with Crippen LogP contribution in [-0.4, -0.2) is 11.4 Å². The third kappa shape index (κ3) is 1.44. The maximum Gasteiger partial charge on any atom is 0.170 e. The summed E-state index contributed by atoms with van der Waals surface area (Å²) in [5.41, 5.74) is 0.285. The molecule has 2 rings (SSSR count). The Morgan fingerprint density at radius 3 is 3.08 bits per heavy atom. The molecular weight excluding hydrogens is 164 g/mol. The van der Waals surface area contributed by atoms with Crippen molar-refractivity contribution in [1.82, 2.24) is 0 Å². The summed E-state index contributed by atoms with van der Waals surface area (Å²) < 4.78 is 5.65. The molecular formula is C11H11O2. The van der Waals surface area contributed by atoms with E-state index in [-0.39, 0.29) is 11.4 Å². The van der Waals surface area contributed by atoms with Gasteiger partial charge in [0, 0.05) is 0 Å². The smallest absolute Gasteiger partial charge is 0.170 e. The molecule has 0 aromatic heterocycles. The Kier molecular flexibility index (Phi) is 1.65. The van der Waals surface area contributed by atoms with Crippen LogP contribution in [0, 0.1) is 6.07 Å². The molecule has 0 saturated heterocycles. The van der Waals surface area contributed by atoms with E-state index in [2.05, 4.69) is 6.07 Å². The van der Waals surface area contributed by atoms with E-state index in [9.17, 15) is 4.79 Å². The molecule has 0 spiro atoms. The highest BCUT2D eigenvalue weighted by Gasteiger charge is 2.31. The molecule has 1 aliphatic heterocycles. The molecule has 67 valence electrons. The summed E-state index contributed by atoms with van der Waals surface area (Å²) in [6.07, 6.45) is 0.442. The van der Waals surface area contributed by atoms with E-state index < -0.39 is 0 Å². The predicted octanol–water partition coefficient (Wildman–Crippen LogP) is 2.23. The lowest BCUT2D eigenvalue weighted by Crippen LogP contribution is -2.35. The van der Waals surface area contributed by atoms with Gasteiger partial charge < -0.3 is 4.74 Å². The van der Waals surface area contributed by atoms with Gasteiger partial charge in [0.2, 0.25) is 0 Å². The zero-order chi connectivity index (χ0) is 9.47. The van der Waals surface area contributed by atoms with Gasteiger partial charge >= 0.3 is 0 Å². The Morgan fingerprint density at radius 2 is 2.31 bits per heavy atom. The van der Waals surface area contributed by atoms with Gasteiger partial charge in [0.1, 0.15) is 11.4 Å². The number of rotatable bonds is 0. The summed E-state index contributed by atoms with van der Waals surface area (Å²) in [5, 5.41) is 0. The van der Waals surface area contributed by atoms with Crippen molar-refractivity contribution in [3.63, 3.8) is 0 Å². The molecule has 1 aromatic rings. The Bertz CT molecular complexity index is 353. The second-order valence-corrected chi connectivity index (χ2v) is 3.88. The molecule has 0 amide bonds. The minimum absolute atomic E-state index is 0.142. The fraction of sp³-hybridized carbons (Fsp3) is 0.364. The van der Waals surface area contributed by atoms with Crippen molar-refractivity contribution in [2.45, 2.75) is 25.9 Å². The molecule has 0 bridgehead atoms. The number of carbonyl (C=O) groups is 1. The molecule has 0 N–H and O–H groups in total. The Morgan fingerprint density at radius 1 is 1.54 bits per heavy atom. The first kappa shape index (κ1) is 8.30.